The smallest absolute Gasteiger partial charge is 0.403 e. The number of ether oxygens (including phenoxy) is 2. The average molecular weight is 478 g/mol. The molecule has 1 saturated heterocycles. The highest BCUT2D eigenvalue weighted by Crippen LogP contribution is 2.66. The monoisotopic (exact) mass is 478 g/mol. The molecule has 1 aromatic rings. The molecule has 1 aromatic heterocycles. The summed E-state index contributed by atoms with van der Waals surface area (Å²) in [6, 6.07) is -0.911. The van der Waals surface area contributed by atoms with Gasteiger partial charge in [0.05, 0.1) is 18.8 Å². The summed E-state index contributed by atoms with van der Waals surface area (Å²) >= 11 is 0. The number of carbonyl (C=O) groups excluding carboxylic acids is 1. The van der Waals surface area contributed by atoms with E-state index in [1.54, 1.807) is 13.8 Å². The van der Waals surface area contributed by atoms with E-state index in [0.29, 0.717) is 0 Å². The molecular weight excluding hydrogens is 453 g/mol. The number of nitrogen functional groups attached to an aromatic ring is 1. The second-order valence-corrected chi connectivity index (χ2v) is 9.57. The van der Waals surface area contributed by atoms with Gasteiger partial charge in [0.25, 0.3) is 0 Å². The molecule has 178 valence electrons. The van der Waals surface area contributed by atoms with E-state index in [1.807, 2.05) is 0 Å². The lowest BCUT2D eigenvalue weighted by Crippen LogP contribution is -2.36. The fourth-order valence-electron chi connectivity index (χ4n) is 3.52. The Hall–Kier alpha value is -2.18. The topological polar surface area (TPSA) is 155 Å². The van der Waals surface area contributed by atoms with Crippen LogP contribution in [0.25, 0.3) is 0 Å². The van der Waals surface area contributed by atoms with Crippen LogP contribution >= 0.6 is 7.75 Å². The molecule has 0 amide bonds. The first-order chi connectivity index (χ1) is 14.7. The Labute approximate surface area is 182 Å². The molecule has 1 spiro atoms. The van der Waals surface area contributed by atoms with E-state index < -0.39 is 67.4 Å². The molecule has 2 fully saturated rings. The van der Waals surface area contributed by atoms with Crippen molar-refractivity contribution in [2.45, 2.75) is 63.0 Å². The first kappa shape index (κ1) is 24.5. The van der Waals surface area contributed by atoms with Crippen LogP contribution in [-0.4, -0.2) is 56.8 Å². The number of nitrogens with zero attached hydrogens (tertiary/aromatic N) is 2. The second-order valence-electron chi connectivity index (χ2n) is 8.01. The molecule has 14 heteroatoms. The molecule has 0 aromatic carbocycles. The van der Waals surface area contributed by atoms with E-state index in [-0.39, 0.29) is 12.2 Å². The van der Waals surface area contributed by atoms with Gasteiger partial charge in [0.1, 0.15) is 18.0 Å². The number of aromatic nitrogens is 2. The third-order valence-corrected chi connectivity index (χ3v) is 6.41. The molecule has 2 unspecified atom stereocenters. The predicted molar refractivity (Wildman–Crippen MR) is 108 cm³/mol. The average Bonchev–Trinajstić information content (AvgIpc) is 3.35. The summed E-state index contributed by atoms with van der Waals surface area (Å²) in [6.45, 7) is 7.14. The Balaban J connectivity index is 1.67. The van der Waals surface area contributed by atoms with Gasteiger partial charge in [-0.3, -0.25) is 13.9 Å². The maximum Gasteiger partial charge on any atom is 0.403 e. The van der Waals surface area contributed by atoms with Gasteiger partial charge in [-0.05, 0) is 26.8 Å². The van der Waals surface area contributed by atoms with Gasteiger partial charge in [-0.1, -0.05) is 6.58 Å². The molecule has 32 heavy (non-hydrogen) atoms. The number of nitrogens with one attached hydrogen (secondary N) is 1. The third-order valence-electron chi connectivity index (χ3n) is 5.20. The predicted octanol–water partition coefficient (Wildman–Crippen LogP) is 1.15. The molecule has 0 radical (unpaired) electrons. The van der Waals surface area contributed by atoms with Crippen molar-refractivity contribution in [1.29, 1.82) is 0 Å². The van der Waals surface area contributed by atoms with Gasteiger partial charge in [0.15, 0.2) is 5.60 Å². The van der Waals surface area contributed by atoms with Gasteiger partial charge in [-0.25, -0.2) is 14.4 Å². The van der Waals surface area contributed by atoms with Crippen LogP contribution in [0.4, 0.5) is 14.6 Å². The first-order valence-electron chi connectivity index (χ1n) is 9.75. The summed E-state index contributed by atoms with van der Waals surface area (Å²) < 4.78 is 58.5. The lowest BCUT2D eigenvalue weighted by molar-refractivity contribution is -0.149. The SMILES string of the molecule is C=C1[C@@H](COP(=O)(O)N[C@@H](C)C(=O)OC(C)C)O[C@]2(CC2n2ccc(N)nc2=O)C1(F)F. The van der Waals surface area contributed by atoms with Crippen LogP contribution in [0.1, 0.15) is 33.2 Å². The molecule has 2 aliphatic rings. The number of nitrogens with two attached hydrogens (primary N) is 1. The molecule has 5 atom stereocenters. The Morgan fingerprint density at radius 1 is 1.53 bits per heavy atom. The van der Waals surface area contributed by atoms with Gasteiger partial charge in [0.2, 0.25) is 0 Å². The Morgan fingerprint density at radius 3 is 2.78 bits per heavy atom. The minimum absolute atomic E-state index is 0.0477. The quantitative estimate of drug-likeness (QED) is 0.281. The Kier molecular flexibility index (Phi) is 6.35. The standard InChI is InChI=1S/C18H25F2N4O7P/c1-9(2)30-15(25)11(4)23-32(27,28)29-8-12-10(3)18(19,20)17(31-12)7-13(17)24-6-5-14(21)22-16(24)26/h5-6,9,11-13H,3,7-8H2,1-2,4H3,(H2,21,22,26)(H2,23,27,28)/t11-,12+,13?,17-/m0/s1. The zero-order valence-corrected chi connectivity index (χ0v) is 18.6. The summed E-state index contributed by atoms with van der Waals surface area (Å²) in [5.41, 5.74) is 1.92. The Morgan fingerprint density at radius 2 is 2.19 bits per heavy atom. The van der Waals surface area contributed by atoms with Gasteiger partial charge in [-0.2, -0.15) is 13.8 Å². The lowest BCUT2D eigenvalue weighted by atomic mass is 10.0. The summed E-state index contributed by atoms with van der Waals surface area (Å²) in [4.78, 5) is 37.3. The van der Waals surface area contributed by atoms with Crippen molar-refractivity contribution in [1.82, 2.24) is 14.6 Å². The summed E-state index contributed by atoms with van der Waals surface area (Å²) in [5.74, 6) is -4.37. The minimum Gasteiger partial charge on any atom is -0.462 e. The van der Waals surface area contributed by atoms with E-state index in [0.717, 1.165) is 4.57 Å². The van der Waals surface area contributed by atoms with E-state index in [4.69, 9.17) is 19.7 Å². The van der Waals surface area contributed by atoms with E-state index in [2.05, 4.69) is 16.7 Å². The van der Waals surface area contributed by atoms with Gasteiger partial charge >= 0.3 is 25.3 Å². The van der Waals surface area contributed by atoms with Crippen molar-refractivity contribution in [2.24, 2.45) is 0 Å². The van der Waals surface area contributed by atoms with Crippen molar-refractivity contribution in [3.8, 4) is 0 Å². The van der Waals surface area contributed by atoms with Crippen LogP contribution in [0.3, 0.4) is 0 Å². The number of halogens is 2. The molecule has 1 aliphatic heterocycles. The normalized spacial score (nSPS) is 29.2. The first-order valence-corrected chi connectivity index (χ1v) is 11.3. The summed E-state index contributed by atoms with van der Waals surface area (Å²) in [6.07, 6.45) is -0.810. The molecule has 2 heterocycles. The van der Waals surface area contributed by atoms with E-state index in [9.17, 15) is 27.8 Å². The van der Waals surface area contributed by atoms with Gasteiger partial charge in [0, 0.05) is 18.2 Å². The van der Waals surface area contributed by atoms with Gasteiger partial charge in [-0.15, -0.1) is 0 Å². The van der Waals surface area contributed by atoms with Crippen molar-refractivity contribution in [3.05, 3.63) is 34.9 Å². The zero-order valence-electron chi connectivity index (χ0n) is 17.7. The highest BCUT2D eigenvalue weighted by atomic mass is 31.2. The number of esters is 1. The number of hydrogen-bond donors (Lipinski definition) is 3. The third kappa shape index (κ3) is 4.48. The van der Waals surface area contributed by atoms with Crippen LogP contribution in [0, 0.1) is 0 Å². The van der Waals surface area contributed by atoms with Crippen molar-refractivity contribution >= 4 is 19.5 Å². The zero-order chi connectivity index (χ0) is 24.1. The largest absolute Gasteiger partial charge is 0.462 e. The number of rotatable bonds is 8. The number of hydrogen-bond acceptors (Lipinski definition) is 8. The van der Waals surface area contributed by atoms with E-state index >= 15 is 0 Å². The van der Waals surface area contributed by atoms with Crippen LogP contribution in [0.2, 0.25) is 0 Å². The fourth-order valence-corrected chi connectivity index (χ4v) is 4.53. The molecule has 1 aliphatic carbocycles. The molecule has 4 N–H and O–H groups in total. The maximum atomic E-state index is 15.0. The molecule has 3 rings (SSSR count). The lowest BCUT2D eigenvalue weighted by Gasteiger charge is -2.20. The highest BCUT2D eigenvalue weighted by molar-refractivity contribution is 7.50. The summed E-state index contributed by atoms with van der Waals surface area (Å²) in [7, 11) is -4.57. The molecule has 0 bridgehead atoms. The van der Waals surface area contributed by atoms with Crippen LogP contribution in [0.15, 0.2) is 29.2 Å². The second kappa shape index (κ2) is 8.31. The highest BCUT2D eigenvalue weighted by Gasteiger charge is 2.78. The van der Waals surface area contributed by atoms with Crippen LogP contribution in [-0.2, 0) is 23.4 Å². The minimum atomic E-state index is -4.57. The van der Waals surface area contributed by atoms with Crippen LogP contribution in [0.5, 0.6) is 0 Å². The van der Waals surface area contributed by atoms with Crippen LogP contribution < -0.4 is 16.5 Å². The molecule has 1 saturated carbocycles. The maximum absolute atomic E-state index is 15.0. The number of carbonyl (C=O) groups is 1. The Bertz CT molecular complexity index is 1030. The van der Waals surface area contributed by atoms with Crippen molar-refractivity contribution < 1.29 is 37.0 Å². The molecular formula is C18H25F2N4O7P. The summed E-state index contributed by atoms with van der Waals surface area (Å²) in [5, 5.41) is 2.08. The number of anilines is 1. The fraction of sp³-hybridized carbons (Fsp3) is 0.611. The number of alkyl halides is 2. The van der Waals surface area contributed by atoms with E-state index in [1.165, 1.54) is 19.2 Å². The van der Waals surface area contributed by atoms with Gasteiger partial charge < -0.3 is 20.1 Å². The molecule has 11 nitrogen and oxygen atoms in total. The van der Waals surface area contributed by atoms with Crippen molar-refractivity contribution in [2.75, 3.05) is 12.3 Å². The van der Waals surface area contributed by atoms with Crippen molar-refractivity contribution in [3.63, 3.8) is 0 Å².